The molecule has 2 heterocycles. The molecule has 0 fully saturated rings. The molecule has 21 heavy (non-hydrogen) atoms. The lowest BCUT2D eigenvalue weighted by molar-refractivity contribution is -0.120. The van der Waals surface area contributed by atoms with Crippen LogP contribution in [0.4, 0.5) is 0 Å². The Morgan fingerprint density at radius 3 is 2.67 bits per heavy atom. The van der Waals surface area contributed by atoms with E-state index in [-0.39, 0.29) is 18.4 Å². The Balaban J connectivity index is 1.98. The fourth-order valence-corrected chi connectivity index (χ4v) is 2.55. The van der Waals surface area contributed by atoms with E-state index in [0.717, 1.165) is 16.8 Å². The minimum absolute atomic E-state index is 0.122. The minimum atomic E-state index is -0.399. The molecular weight excluding hydrogens is 266 g/mol. The summed E-state index contributed by atoms with van der Waals surface area (Å²) in [5, 5.41) is 4.17. The Hall–Kier alpha value is -2.69. The summed E-state index contributed by atoms with van der Waals surface area (Å²) in [4.78, 5) is 20.8. The summed E-state index contributed by atoms with van der Waals surface area (Å²) in [6, 6.07) is 13.6. The third-order valence-electron chi connectivity index (χ3n) is 3.47. The number of carbonyl (C=O) groups is 1. The molecule has 2 N–H and O–H groups in total. The van der Waals surface area contributed by atoms with Crippen LogP contribution in [0, 0.1) is 0 Å². The quantitative estimate of drug-likeness (QED) is 0.929. The van der Waals surface area contributed by atoms with E-state index in [1.54, 1.807) is 12.4 Å². The lowest BCUT2D eigenvalue weighted by Crippen LogP contribution is -2.27. The number of nitrogens with zero attached hydrogens (tertiary/aromatic N) is 2. The molecule has 2 aromatic rings. The summed E-state index contributed by atoms with van der Waals surface area (Å²) >= 11 is 0. The van der Waals surface area contributed by atoms with Gasteiger partial charge in [0.1, 0.15) is 6.10 Å². The molecule has 0 saturated heterocycles. The number of pyridine rings is 1. The van der Waals surface area contributed by atoms with E-state index in [9.17, 15) is 4.79 Å². The smallest absolute Gasteiger partial charge is 0.221 e. The molecule has 0 radical (unpaired) electrons. The van der Waals surface area contributed by atoms with Crippen molar-refractivity contribution in [2.75, 3.05) is 0 Å². The number of oxime groups is 1. The molecule has 0 bridgehead atoms. The molecule has 0 spiro atoms. The second-order valence-electron chi connectivity index (χ2n) is 4.92. The van der Waals surface area contributed by atoms with E-state index < -0.39 is 5.91 Å². The third kappa shape index (κ3) is 2.76. The SMILES string of the molecule is NC(=O)CC1ON=C(c2cccnc2)C1c1ccccc1. The van der Waals surface area contributed by atoms with Gasteiger partial charge < -0.3 is 10.6 Å². The van der Waals surface area contributed by atoms with Gasteiger partial charge in [0.15, 0.2) is 0 Å². The highest BCUT2D eigenvalue weighted by molar-refractivity contribution is 6.06. The number of rotatable bonds is 4. The van der Waals surface area contributed by atoms with Gasteiger partial charge in [-0.3, -0.25) is 9.78 Å². The number of primary amides is 1. The second kappa shape index (κ2) is 5.75. The maximum Gasteiger partial charge on any atom is 0.221 e. The van der Waals surface area contributed by atoms with Crippen LogP contribution in [0.15, 0.2) is 60.0 Å². The first-order valence-corrected chi connectivity index (χ1v) is 6.73. The van der Waals surface area contributed by atoms with Crippen LogP contribution in [-0.2, 0) is 9.63 Å². The predicted octanol–water partition coefficient (Wildman–Crippen LogP) is 1.84. The van der Waals surface area contributed by atoms with Crippen LogP contribution in [0.5, 0.6) is 0 Å². The van der Waals surface area contributed by atoms with E-state index in [0.29, 0.717) is 0 Å². The topological polar surface area (TPSA) is 77.6 Å². The Morgan fingerprint density at radius 2 is 2.00 bits per heavy atom. The first kappa shape index (κ1) is 13.3. The standard InChI is InChI=1S/C16H15N3O2/c17-14(20)9-13-15(11-5-2-1-3-6-11)16(19-21-13)12-7-4-8-18-10-12/h1-8,10,13,15H,9H2,(H2,17,20). The van der Waals surface area contributed by atoms with Gasteiger partial charge in [-0.2, -0.15) is 0 Å². The molecule has 0 aliphatic carbocycles. The van der Waals surface area contributed by atoms with Gasteiger partial charge in [-0.05, 0) is 17.7 Å². The van der Waals surface area contributed by atoms with Crippen molar-refractivity contribution in [1.82, 2.24) is 4.98 Å². The molecule has 1 amide bonds. The molecule has 5 nitrogen and oxygen atoms in total. The number of carbonyl (C=O) groups excluding carboxylic acids is 1. The average molecular weight is 281 g/mol. The lowest BCUT2D eigenvalue weighted by Gasteiger charge is -2.18. The van der Waals surface area contributed by atoms with Crippen LogP contribution in [0.1, 0.15) is 23.5 Å². The van der Waals surface area contributed by atoms with Crippen LogP contribution in [0.2, 0.25) is 0 Å². The highest BCUT2D eigenvalue weighted by Crippen LogP contribution is 2.33. The number of hydrogen-bond donors (Lipinski definition) is 1. The maximum absolute atomic E-state index is 11.3. The van der Waals surface area contributed by atoms with Gasteiger partial charge in [0.2, 0.25) is 5.91 Å². The van der Waals surface area contributed by atoms with E-state index in [1.807, 2.05) is 42.5 Å². The van der Waals surface area contributed by atoms with Crippen LogP contribution in [-0.4, -0.2) is 22.7 Å². The first-order chi connectivity index (χ1) is 10.3. The van der Waals surface area contributed by atoms with Crippen molar-refractivity contribution in [2.24, 2.45) is 10.9 Å². The molecule has 0 saturated carbocycles. The van der Waals surface area contributed by atoms with Crippen LogP contribution < -0.4 is 5.73 Å². The normalized spacial score (nSPS) is 20.7. The average Bonchev–Trinajstić information content (AvgIpc) is 2.92. The molecule has 1 aromatic heterocycles. The summed E-state index contributed by atoms with van der Waals surface area (Å²) in [5.74, 6) is -0.522. The molecule has 2 unspecified atom stereocenters. The van der Waals surface area contributed by atoms with Gasteiger partial charge >= 0.3 is 0 Å². The summed E-state index contributed by atoms with van der Waals surface area (Å²) in [7, 11) is 0. The number of hydrogen-bond acceptors (Lipinski definition) is 4. The Kier molecular flexibility index (Phi) is 3.64. The summed E-state index contributed by atoms with van der Waals surface area (Å²) < 4.78 is 0. The Bertz CT molecular complexity index is 656. The molecule has 5 heteroatoms. The van der Waals surface area contributed by atoms with Crippen molar-refractivity contribution in [1.29, 1.82) is 0 Å². The Labute approximate surface area is 122 Å². The molecule has 3 rings (SSSR count). The van der Waals surface area contributed by atoms with E-state index in [1.165, 1.54) is 0 Å². The number of benzene rings is 1. The van der Waals surface area contributed by atoms with Gasteiger partial charge in [0, 0.05) is 18.0 Å². The predicted molar refractivity (Wildman–Crippen MR) is 78.6 cm³/mol. The second-order valence-corrected chi connectivity index (χ2v) is 4.92. The van der Waals surface area contributed by atoms with Gasteiger partial charge in [0.25, 0.3) is 0 Å². The van der Waals surface area contributed by atoms with Crippen molar-refractivity contribution >= 4 is 11.6 Å². The number of nitrogens with two attached hydrogens (primary N) is 1. The minimum Gasteiger partial charge on any atom is -0.391 e. The monoisotopic (exact) mass is 281 g/mol. The van der Waals surface area contributed by atoms with Crippen LogP contribution in [0.25, 0.3) is 0 Å². The fourth-order valence-electron chi connectivity index (χ4n) is 2.55. The summed E-state index contributed by atoms with van der Waals surface area (Å²) in [6.07, 6.45) is 3.20. The van der Waals surface area contributed by atoms with E-state index >= 15 is 0 Å². The number of aromatic nitrogens is 1. The zero-order valence-corrected chi connectivity index (χ0v) is 11.3. The van der Waals surface area contributed by atoms with Crippen molar-refractivity contribution in [3.63, 3.8) is 0 Å². The highest BCUT2D eigenvalue weighted by Gasteiger charge is 2.37. The molecular formula is C16H15N3O2. The summed E-state index contributed by atoms with van der Waals surface area (Å²) in [5.41, 5.74) is 8.03. The molecule has 1 aliphatic rings. The van der Waals surface area contributed by atoms with Crippen LogP contribution in [0.3, 0.4) is 0 Å². The van der Waals surface area contributed by atoms with Gasteiger partial charge in [-0.1, -0.05) is 35.5 Å². The van der Waals surface area contributed by atoms with E-state index in [4.69, 9.17) is 10.6 Å². The van der Waals surface area contributed by atoms with Gasteiger partial charge in [-0.25, -0.2) is 0 Å². The first-order valence-electron chi connectivity index (χ1n) is 6.73. The van der Waals surface area contributed by atoms with Crippen LogP contribution >= 0.6 is 0 Å². The molecule has 1 aromatic carbocycles. The largest absolute Gasteiger partial charge is 0.391 e. The van der Waals surface area contributed by atoms with Crippen molar-refractivity contribution in [2.45, 2.75) is 18.4 Å². The zero-order valence-electron chi connectivity index (χ0n) is 11.3. The zero-order chi connectivity index (χ0) is 14.7. The fraction of sp³-hybridized carbons (Fsp3) is 0.188. The van der Waals surface area contributed by atoms with Crippen molar-refractivity contribution in [3.05, 3.63) is 66.0 Å². The van der Waals surface area contributed by atoms with E-state index in [2.05, 4.69) is 10.1 Å². The molecule has 1 aliphatic heterocycles. The summed E-state index contributed by atoms with van der Waals surface area (Å²) in [6.45, 7) is 0. The number of amides is 1. The van der Waals surface area contributed by atoms with Gasteiger partial charge in [0.05, 0.1) is 18.1 Å². The maximum atomic E-state index is 11.3. The third-order valence-corrected chi connectivity index (χ3v) is 3.47. The lowest BCUT2D eigenvalue weighted by atomic mass is 9.85. The van der Waals surface area contributed by atoms with Gasteiger partial charge in [-0.15, -0.1) is 0 Å². The molecule has 2 atom stereocenters. The van der Waals surface area contributed by atoms with Crippen molar-refractivity contribution in [3.8, 4) is 0 Å². The molecule has 106 valence electrons. The van der Waals surface area contributed by atoms with Crippen molar-refractivity contribution < 1.29 is 9.63 Å². The highest BCUT2D eigenvalue weighted by atomic mass is 16.6. The Morgan fingerprint density at radius 1 is 1.19 bits per heavy atom.